The molecule has 4 unspecified atom stereocenters. The van der Waals surface area contributed by atoms with Crippen molar-refractivity contribution in [2.45, 2.75) is 70.1 Å². The van der Waals surface area contributed by atoms with Crippen molar-refractivity contribution in [1.29, 1.82) is 0 Å². The Morgan fingerprint density at radius 2 is 1.77 bits per heavy atom. The number of thioether (sulfide) groups is 1. The molecule has 0 aromatic heterocycles. The number of carboxylic acids is 1. The molecule has 4 atom stereocenters. The zero-order chi connectivity index (χ0) is 26.0. The Labute approximate surface area is 211 Å². The molecule has 1 heterocycles. The largest absolute Gasteiger partial charge is 0.480 e. The molecule has 1 aromatic rings. The molecular weight excluding hydrogens is 468 g/mol. The Morgan fingerprint density at radius 1 is 1.11 bits per heavy atom. The Morgan fingerprint density at radius 3 is 2.37 bits per heavy atom. The third-order valence-corrected chi connectivity index (χ3v) is 6.67. The van der Waals surface area contributed by atoms with Crippen LogP contribution in [0.1, 0.15) is 45.1 Å². The highest BCUT2D eigenvalue weighted by molar-refractivity contribution is 7.98. The van der Waals surface area contributed by atoms with E-state index < -0.39 is 47.9 Å². The lowest BCUT2D eigenvalue weighted by molar-refractivity contribution is -0.149. The van der Waals surface area contributed by atoms with Gasteiger partial charge in [-0.05, 0) is 49.2 Å². The van der Waals surface area contributed by atoms with E-state index in [-0.39, 0.29) is 12.3 Å². The van der Waals surface area contributed by atoms with Crippen LogP contribution in [0.3, 0.4) is 0 Å². The minimum atomic E-state index is -1.04. The van der Waals surface area contributed by atoms with Gasteiger partial charge in [0.2, 0.25) is 17.7 Å². The Bertz CT molecular complexity index is 867. The number of amides is 3. The van der Waals surface area contributed by atoms with E-state index >= 15 is 0 Å². The number of likely N-dealkylation sites (tertiary alicyclic amines) is 1. The Hall–Kier alpha value is -2.59. The third-order valence-electron chi connectivity index (χ3n) is 6.03. The molecule has 1 saturated heterocycles. The molecular formula is C25H38N4O5S. The van der Waals surface area contributed by atoms with Crippen LogP contribution >= 0.6 is 11.8 Å². The van der Waals surface area contributed by atoms with E-state index in [2.05, 4.69) is 10.6 Å². The van der Waals surface area contributed by atoms with Crippen LogP contribution in [0.5, 0.6) is 0 Å². The molecule has 35 heavy (non-hydrogen) atoms. The minimum Gasteiger partial charge on any atom is -0.480 e. The number of aliphatic carboxylic acids is 1. The predicted octanol–water partition coefficient (Wildman–Crippen LogP) is 1.40. The highest BCUT2D eigenvalue weighted by Crippen LogP contribution is 2.20. The van der Waals surface area contributed by atoms with E-state index in [1.54, 1.807) is 11.8 Å². The maximum atomic E-state index is 13.4. The van der Waals surface area contributed by atoms with Crippen molar-refractivity contribution < 1.29 is 24.3 Å². The monoisotopic (exact) mass is 506 g/mol. The normalized spacial score (nSPS) is 18.1. The summed E-state index contributed by atoms with van der Waals surface area (Å²) in [6, 6.07) is 5.83. The average Bonchev–Trinajstić information content (AvgIpc) is 3.31. The van der Waals surface area contributed by atoms with Crippen molar-refractivity contribution >= 4 is 35.5 Å². The highest BCUT2D eigenvalue weighted by Gasteiger charge is 2.38. The molecule has 0 radical (unpaired) electrons. The molecule has 5 N–H and O–H groups in total. The van der Waals surface area contributed by atoms with Gasteiger partial charge in [-0.15, -0.1) is 0 Å². The zero-order valence-electron chi connectivity index (χ0n) is 20.7. The molecule has 0 saturated carbocycles. The first kappa shape index (κ1) is 28.6. The van der Waals surface area contributed by atoms with Gasteiger partial charge in [0.25, 0.3) is 0 Å². The van der Waals surface area contributed by atoms with Gasteiger partial charge in [-0.3, -0.25) is 14.4 Å². The van der Waals surface area contributed by atoms with Crippen LogP contribution in [-0.4, -0.2) is 76.4 Å². The summed E-state index contributed by atoms with van der Waals surface area (Å²) < 4.78 is 0. The smallest absolute Gasteiger partial charge is 0.326 e. The maximum absolute atomic E-state index is 13.4. The number of hydrogen-bond acceptors (Lipinski definition) is 6. The minimum absolute atomic E-state index is 0.0808. The van der Waals surface area contributed by atoms with E-state index in [1.165, 1.54) is 4.90 Å². The van der Waals surface area contributed by atoms with Gasteiger partial charge in [-0.25, -0.2) is 4.79 Å². The zero-order valence-corrected chi connectivity index (χ0v) is 21.6. The number of carboxylic acid groups (broad SMARTS) is 1. The Balaban J connectivity index is 2.21. The van der Waals surface area contributed by atoms with E-state index in [0.29, 0.717) is 32.2 Å². The topological polar surface area (TPSA) is 142 Å². The summed E-state index contributed by atoms with van der Waals surface area (Å²) in [5.74, 6) is -1.57. The Kier molecular flexibility index (Phi) is 11.5. The fraction of sp³-hybridized carbons (Fsp3) is 0.600. The molecule has 1 fully saturated rings. The molecule has 194 valence electrons. The molecule has 2 rings (SSSR count). The van der Waals surface area contributed by atoms with E-state index in [9.17, 15) is 24.3 Å². The van der Waals surface area contributed by atoms with Crippen LogP contribution in [0.15, 0.2) is 30.3 Å². The number of nitrogens with zero attached hydrogens (tertiary/aromatic N) is 1. The standard InChI is InChI=1S/C25H38N4O5S/c1-16(2)14-20(24(32)29-12-7-10-21(29)25(33)34)28-23(31)19(15-17-8-5-4-6-9-17)27-22(30)18(26)11-13-35-3/h4-6,8-9,16,18-21H,7,10-15,26H2,1-3H3,(H,27,30)(H,28,31)(H,33,34). The first-order valence-corrected chi connectivity index (χ1v) is 13.5. The van der Waals surface area contributed by atoms with Crippen LogP contribution in [0.2, 0.25) is 0 Å². The van der Waals surface area contributed by atoms with Crippen LogP contribution < -0.4 is 16.4 Å². The molecule has 1 aliphatic rings. The van der Waals surface area contributed by atoms with E-state index in [0.717, 1.165) is 11.3 Å². The van der Waals surface area contributed by atoms with Crippen LogP contribution in [0.4, 0.5) is 0 Å². The second kappa shape index (κ2) is 14.1. The number of benzene rings is 1. The van der Waals surface area contributed by atoms with Gasteiger partial charge in [0.1, 0.15) is 18.1 Å². The number of rotatable bonds is 13. The number of nitrogens with two attached hydrogens (primary N) is 1. The summed E-state index contributed by atoms with van der Waals surface area (Å²) in [4.78, 5) is 52.4. The molecule has 1 aliphatic heterocycles. The number of hydrogen-bond donors (Lipinski definition) is 4. The number of carbonyl (C=O) groups excluding carboxylic acids is 3. The first-order valence-electron chi connectivity index (χ1n) is 12.1. The second-order valence-electron chi connectivity index (χ2n) is 9.36. The summed E-state index contributed by atoms with van der Waals surface area (Å²) in [5.41, 5.74) is 6.86. The number of nitrogens with one attached hydrogen (secondary N) is 2. The first-order chi connectivity index (χ1) is 16.6. The van der Waals surface area contributed by atoms with Crippen molar-refractivity contribution in [3.63, 3.8) is 0 Å². The van der Waals surface area contributed by atoms with Gasteiger partial charge in [0.15, 0.2) is 0 Å². The lowest BCUT2D eigenvalue weighted by Gasteiger charge is -2.30. The average molecular weight is 507 g/mol. The summed E-state index contributed by atoms with van der Waals surface area (Å²) >= 11 is 1.58. The van der Waals surface area contributed by atoms with E-state index in [1.807, 2.05) is 50.4 Å². The van der Waals surface area contributed by atoms with Crippen molar-refractivity contribution in [2.75, 3.05) is 18.6 Å². The molecule has 10 heteroatoms. The van der Waals surface area contributed by atoms with Crippen molar-refractivity contribution in [1.82, 2.24) is 15.5 Å². The lowest BCUT2D eigenvalue weighted by atomic mass is 10.00. The van der Waals surface area contributed by atoms with Gasteiger partial charge in [-0.1, -0.05) is 44.2 Å². The maximum Gasteiger partial charge on any atom is 0.326 e. The second-order valence-corrected chi connectivity index (χ2v) is 10.3. The van der Waals surface area contributed by atoms with Crippen LogP contribution in [0, 0.1) is 5.92 Å². The highest BCUT2D eigenvalue weighted by atomic mass is 32.2. The SMILES string of the molecule is CSCCC(N)C(=O)NC(Cc1ccccc1)C(=O)NC(CC(C)C)C(=O)N1CCCC1C(=O)O. The van der Waals surface area contributed by atoms with Gasteiger partial charge in [0.05, 0.1) is 6.04 Å². The molecule has 3 amide bonds. The van der Waals surface area contributed by atoms with E-state index in [4.69, 9.17) is 5.73 Å². The van der Waals surface area contributed by atoms with Crippen molar-refractivity contribution in [2.24, 2.45) is 11.7 Å². The number of carbonyl (C=O) groups is 4. The quantitative estimate of drug-likeness (QED) is 0.317. The van der Waals surface area contributed by atoms with Gasteiger partial charge < -0.3 is 26.4 Å². The molecule has 0 spiro atoms. The summed E-state index contributed by atoms with van der Waals surface area (Å²) in [5, 5.41) is 15.1. The fourth-order valence-electron chi connectivity index (χ4n) is 4.17. The van der Waals surface area contributed by atoms with Crippen LogP contribution in [-0.2, 0) is 25.6 Å². The summed E-state index contributed by atoms with van der Waals surface area (Å²) in [6.07, 6.45) is 3.99. The predicted molar refractivity (Wildman–Crippen MR) is 137 cm³/mol. The molecule has 0 aliphatic carbocycles. The summed E-state index contributed by atoms with van der Waals surface area (Å²) in [7, 11) is 0. The van der Waals surface area contributed by atoms with Crippen molar-refractivity contribution in [3.05, 3.63) is 35.9 Å². The van der Waals surface area contributed by atoms with Gasteiger partial charge in [0, 0.05) is 13.0 Å². The molecule has 9 nitrogen and oxygen atoms in total. The molecule has 1 aromatic carbocycles. The van der Waals surface area contributed by atoms with Crippen LogP contribution in [0.25, 0.3) is 0 Å². The molecule has 0 bridgehead atoms. The van der Waals surface area contributed by atoms with Gasteiger partial charge >= 0.3 is 5.97 Å². The van der Waals surface area contributed by atoms with Crippen molar-refractivity contribution in [3.8, 4) is 0 Å². The summed E-state index contributed by atoms with van der Waals surface area (Å²) in [6.45, 7) is 4.20. The fourth-order valence-corrected chi connectivity index (χ4v) is 4.66. The third kappa shape index (κ3) is 8.85. The van der Waals surface area contributed by atoms with Gasteiger partial charge in [-0.2, -0.15) is 11.8 Å². The lowest BCUT2D eigenvalue weighted by Crippen LogP contribution is -2.58.